The van der Waals surface area contributed by atoms with Gasteiger partial charge in [0, 0.05) is 23.2 Å². The van der Waals surface area contributed by atoms with Crippen molar-refractivity contribution in [3.8, 4) is 11.5 Å². The minimum Gasteiger partial charge on any atom is -0.469 e. The number of aryl methyl sites for hydroxylation is 1. The van der Waals surface area contributed by atoms with E-state index in [1.807, 2.05) is 6.92 Å². The molecule has 1 aromatic heterocycles. The van der Waals surface area contributed by atoms with Crippen molar-refractivity contribution in [3.63, 3.8) is 0 Å². The van der Waals surface area contributed by atoms with E-state index in [1.54, 1.807) is 26.0 Å². The molecule has 0 saturated heterocycles. The molecule has 4 rings (SSSR count). The van der Waals surface area contributed by atoms with Crippen LogP contribution in [-0.2, 0) is 26.0 Å². The molecule has 0 aliphatic carbocycles. The first-order chi connectivity index (χ1) is 17.9. The minimum absolute atomic E-state index is 0.000478. The number of nitrogens with zero attached hydrogens (tertiary/aromatic N) is 2. The van der Waals surface area contributed by atoms with Crippen LogP contribution in [-0.4, -0.2) is 25.5 Å². The van der Waals surface area contributed by atoms with Gasteiger partial charge in [-0.2, -0.15) is 0 Å². The van der Waals surface area contributed by atoms with Crippen LogP contribution in [0.5, 0.6) is 11.5 Å². The number of methoxy groups -OCH3 is 1. The van der Waals surface area contributed by atoms with Crippen LogP contribution in [0.2, 0.25) is 0 Å². The number of carbonyl (C=O) groups is 1. The summed E-state index contributed by atoms with van der Waals surface area (Å²) in [6.45, 7) is 12.2. The third-order valence-electron chi connectivity index (χ3n) is 6.16. The van der Waals surface area contributed by atoms with Gasteiger partial charge in [0.2, 0.25) is 5.69 Å². The second kappa shape index (κ2) is 9.91. The molecular weight excluding hydrogens is 514 g/mol. The van der Waals surface area contributed by atoms with Gasteiger partial charge in [-0.15, -0.1) is 0 Å². The van der Waals surface area contributed by atoms with E-state index in [0.717, 1.165) is 27.7 Å². The summed E-state index contributed by atoms with van der Waals surface area (Å²) in [5, 5.41) is 0.335. The van der Waals surface area contributed by atoms with Crippen molar-refractivity contribution in [1.29, 1.82) is 0 Å². The van der Waals surface area contributed by atoms with E-state index in [0.29, 0.717) is 5.39 Å². The minimum atomic E-state index is -4.08. The molecule has 0 fully saturated rings. The van der Waals surface area contributed by atoms with E-state index in [9.17, 15) is 17.6 Å². The molecule has 3 aromatic carbocycles. The maximum absolute atomic E-state index is 15.7. The highest BCUT2D eigenvalue weighted by atomic mass is 32.2. The van der Waals surface area contributed by atoms with Gasteiger partial charge in [0.15, 0.2) is 11.6 Å². The smallest absolute Gasteiger partial charge is 0.311 e. The average Bonchev–Trinajstić information content (AvgIpc) is 3.31. The van der Waals surface area contributed by atoms with Crippen LogP contribution < -0.4 is 4.74 Å². The Labute approximate surface area is 219 Å². The molecule has 1 heterocycles. The highest BCUT2D eigenvalue weighted by Crippen LogP contribution is 2.40. The summed E-state index contributed by atoms with van der Waals surface area (Å²) < 4.78 is 68.1. The number of hydrogen-bond acceptors (Lipinski definition) is 5. The normalized spacial score (nSPS) is 11.8. The zero-order valence-electron chi connectivity index (χ0n) is 21.1. The van der Waals surface area contributed by atoms with Crippen LogP contribution in [0.15, 0.2) is 65.7 Å². The van der Waals surface area contributed by atoms with Crippen LogP contribution in [0.4, 0.5) is 14.5 Å². The second-order valence-electron chi connectivity index (χ2n) is 9.41. The Balaban J connectivity index is 1.94. The molecule has 0 spiro atoms. The van der Waals surface area contributed by atoms with Gasteiger partial charge < -0.3 is 9.47 Å². The van der Waals surface area contributed by atoms with Crippen LogP contribution in [0, 0.1) is 30.5 Å². The Bertz CT molecular complexity index is 1700. The SMILES string of the molecule is [C-]#[N+]c1cc(Oc2c(F)cc3c(ccn3S(=O)(=O)c3ccc(C)cc3)c2CC(C)(C)C(=O)OC)ccc1F. The molecule has 7 nitrogen and oxygen atoms in total. The average molecular weight is 539 g/mol. The fourth-order valence-corrected chi connectivity index (χ4v) is 5.48. The van der Waals surface area contributed by atoms with E-state index in [-0.39, 0.29) is 39.6 Å². The molecule has 0 amide bonds. The number of hydrogen-bond donors (Lipinski definition) is 0. The van der Waals surface area contributed by atoms with Crippen LogP contribution in [0.3, 0.4) is 0 Å². The number of halogens is 2. The molecule has 0 N–H and O–H groups in total. The van der Waals surface area contributed by atoms with Crippen LogP contribution in [0.25, 0.3) is 15.7 Å². The van der Waals surface area contributed by atoms with Gasteiger partial charge in [-0.1, -0.05) is 17.7 Å². The predicted molar refractivity (Wildman–Crippen MR) is 138 cm³/mol. The Morgan fingerprint density at radius 2 is 1.74 bits per heavy atom. The van der Waals surface area contributed by atoms with Crippen molar-refractivity contribution >= 4 is 32.6 Å². The number of fused-ring (bicyclic) bond motifs is 1. The Morgan fingerprint density at radius 1 is 1.05 bits per heavy atom. The van der Waals surface area contributed by atoms with Crippen LogP contribution in [0.1, 0.15) is 25.0 Å². The fraction of sp³-hybridized carbons (Fsp3) is 0.214. The lowest BCUT2D eigenvalue weighted by atomic mass is 9.84. The van der Waals surface area contributed by atoms with Gasteiger partial charge in [0.25, 0.3) is 10.0 Å². The van der Waals surface area contributed by atoms with Crippen molar-refractivity contribution in [1.82, 2.24) is 3.97 Å². The zero-order chi connectivity index (χ0) is 27.8. The van der Waals surface area contributed by atoms with Crippen molar-refractivity contribution in [2.24, 2.45) is 5.41 Å². The van der Waals surface area contributed by atoms with E-state index >= 15 is 4.39 Å². The molecule has 38 heavy (non-hydrogen) atoms. The number of benzene rings is 3. The van der Waals surface area contributed by atoms with E-state index in [2.05, 4.69) is 4.85 Å². The molecule has 0 radical (unpaired) electrons. The van der Waals surface area contributed by atoms with Crippen molar-refractivity contribution in [3.05, 3.63) is 95.0 Å². The molecule has 0 aliphatic heterocycles. The monoisotopic (exact) mass is 538 g/mol. The summed E-state index contributed by atoms with van der Waals surface area (Å²) in [7, 11) is -2.85. The Hall–Kier alpha value is -4.23. The molecule has 4 aromatic rings. The van der Waals surface area contributed by atoms with Gasteiger partial charge in [-0.3, -0.25) is 4.79 Å². The van der Waals surface area contributed by atoms with Crippen molar-refractivity contribution < 1.29 is 31.5 Å². The van der Waals surface area contributed by atoms with Crippen LogP contribution >= 0.6 is 0 Å². The molecule has 0 aliphatic rings. The van der Waals surface area contributed by atoms with Gasteiger partial charge in [-0.25, -0.2) is 26.0 Å². The summed E-state index contributed by atoms with van der Waals surface area (Å²) in [4.78, 5) is 15.6. The number of rotatable bonds is 7. The molecule has 10 heteroatoms. The Morgan fingerprint density at radius 3 is 2.37 bits per heavy atom. The highest BCUT2D eigenvalue weighted by Gasteiger charge is 2.33. The number of esters is 1. The standard InChI is InChI=1S/C28H24F2N2O5S/c1-17-6-9-19(10-7-17)38(34,35)32-13-12-20-21(16-28(2,3)27(33)36-5)26(23(30)15-25(20)32)37-18-8-11-22(29)24(14-18)31-4/h6-15H,16H2,1-3,5H3. The number of aromatic nitrogens is 1. The summed E-state index contributed by atoms with van der Waals surface area (Å²) in [5.74, 6) is -2.50. The summed E-state index contributed by atoms with van der Waals surface area (Å²) in [6, 6.07) is 12.2. The van der Waals surface area contributed by atoms with Crippen molar-refractivity contribution in [2.45, 2.75) is 32.1 Å². The quantitative estimate of drug-likeness (QED) is 0.197. The Kier molecular flexibility index (Phi) is 7.00. The highest BCUT2D eigenvalue weighted by molar-refractivity contribution is 7.90. The maximum Gasteiger partial charge on any atom is 0.311 e. The fourth-order valence-electron chi connectivity index (χ4n) is 4.14. The van der Waals surface area contributed by atoms with Gasteiger partial charge in [-0.05, 0) is 63.6 Å². The van der Waals surface area contributed by atoms with E-state index in [1.165, 1.54) is 37.6 Å². The number of ether oxygens (including phenoxy) is 2. The predicted octanol–water partition coefficient (Wildman–Crippen LogP) is 6.55. The topological polar surface area (TPSA) is 79.0 Å². The third-order valence-corrected chi connectivity index (χ3v) is 7.87. The molecule has 0 bridgehead atoms. The molecule has 0 saturated carbocycles. The summed E-state index contributed by atoms with van der Waals surface area (Å²) in [5.41, 5.74) is -0.316. The summed E-state index contributed by atoms with van der Waals surface area (Å²) in [6.07, 6.45) is 1.24. The lowest BCUT2D eigenvalue weighted by Gasteiger charge is -2.24. The first-order valence-electron chi connectivity index (χ1n) is 11.5. The van der Waals surface area contributed by atoms with E-state index < -0.39 is 33.0 Å². The lowest BCUT2D eigenvalue weighted by Crippen LogP contribution is -2.28. The summed E-state index contributed by atoms with van der Waals surface area (Å²) >= 11 is 0. The molecule has 0 unspecified atom stereocenters. The molecule has 196 valence electrons. The van der Waals surface area contributed by atoms with Crippen molar-refractivity contribution in [2.75, 3.05) is 7.11 Å². The van der Waals surface area contributed by atoms with Gasteiger partial charge in [0.1, 0.15) is 11.6 Å². The van der Waals surface area contributed by atoms with Gasteiger partial charge >= 0.3 is 5.97 Å². The van der Waals surface area contributed by atoms with E-state index in [4.69, 9.17) is 16.0 Å². The first kappa shape index (κ1) is 26.8. The first-order valence-corrected chi connectivity index (χ1v) is 12.9. The zero-order valence-corrected chi connectivity index (χ0v) is 21.9. The molecular formula is C28H24F2N2O5S. The molecule has 0 atom stereocenters. The second-order valence-corrected chi connectivity index (χ2v) is 11.2. The lowest BCUT2D eigenvalue weighted by molar-refractivity contribution is -0.150. The third kappa shape index (κ3) is 4.85. The largest absolute Gasteiger partial charge is 0.469 e. The maximum atomic E-state index is 15.7. The van der Waals surface area contributed by atoms with Gasteiger partial charge in [0.05, 0.1) is 29.5 Å². The number of carbonyl (C=O) groups excluding carboxylic acids is 1.